The summed E-state index contributed by atoms with van der Waals surface area (Å²) in [5.41, 5.74) is 0.0141. The minimum atomic E-state index is -4.27. The van der Waals surface area contributed by atoms with Gasteiger partial charge in [0.15, 0.2) is 0 Å². The van der Waals surface area contributed by atoms with Crippen molar-refractivity contribution < 1.29 is 13.2 Å². The fraction of sp³-hybridized carbons (Fsp3) is 0.273. The van der Waals surface area contributed by atoms with Crippen LogP contribution >= 0.6 is 0 Å². The third-order valence-corrected chi connectivity index (χ3v) is 1.82. The summed E-state index contributed by atoms with van der Waals surface area (Å²) in [6.07, 6.45) is 0.214. The average molecular weight is 215 g/mol. The minimum absolute atomic E-state index is 0.632. The molecule has 1 aromatic carbocycles. The molecule has 0 unspecified atom stereocenters. The van der Waals surface area contributed by atoms with Crippen LogP contribution in [0.2, 0.25) is 0 Å². The summed E-state index contributed by atoms with van der Waals surface area (Å²) in [4.78, 5) is 0. The van der Waals surface area contributed by atoms with E-state index < -0.39 is 11.7 Å². The van der Waals surface area contributed by atoms with Crippen LogP contribution in [-0.2, 0) is 6.18 Å². The first-order valence-corrected chi connectivity index (χ1v) is 4.63. The first kappa shape index (κ1) is 11.6. The molecule has 15 heavy (non-hydrogen) atoms. The zero-order valence-corrected chi connectivity index (χ0v) is 8.31. The van der Waals surface area contributed by atoms with E-state index in [1.54, 1.807) is 6.20 Å². The maximum Gasteiger partial charge on any atom is 0.416 e. The third-order valence-electron chi connectivity index (χ3n) is 1.82. The van der Waals surface area contributed by atoms with E-state index in [-0.39, 0.29) is 0 Å². The van der Waals surface area contributed by atoms with Crippen LogP contribution in [0.1, 0.15) is 18.9 Å². The van der Waals surface area contributed by atoms with Crippen molar-refractivity contribution in [2.24, 2.45) is 0 Å². The van der Waals surface area contributed by atoms with E-state index in [1.165, 1.54) is 12.1 Å². The number of hydrogen-bond acceptors (Lipinski definition) is 1. The molecule has 1 nitrogen and oxygen atoms in total. The Labute approximate surface area is 86.6 Å². The summed E-state index contributed by atoms with van der Waals surface area (Å²) in [7, 11) is 0. The molecule has 1 aromatic rings. The monoisotopic (exact) mass is 215 g/mol. The van der Waals surface area contributed by atoms with Crippen LogP contribution in [-0.4, -0.2) is 0 Å². The van der Waals surface area contributed by atoms with Crippen molar-refractivity contribution in [3.8, 4) is 0 Å². The predicted molar refractivity (Wildman–Crippen MR) is 54.5 cm³/mol. The van der Waals surface area contributed by atoms with E-state index in [9.17, 15) is 13.2 Å². The van der Waals surface area contributed by atoms with Crippen LogP contribution in [0.3, 0.4) is 0 Å². The van der Waals surface area contributed by atoms with Crippen LogP contribution in [0, 0.1) is 0 Å². The van der Waals surface area contributed by atoms with Gasteiger partial charge >= 0.3 is 6.18 Å². The van der Waals surface area contributed by atoms with Crippen molar-refractivity contribution in [2.45, 2.75) is 19.5 Å². The number of allylic oxidation sites excluding steroid dienone is 1. The molecule has 0 radical (unpaired) electrons. The molecule has 0 saturated carbocycles. The molecule has 4 heteroatoms. The van der Waals surface area contributed by atoms with Crippen molar-refractivity contribution >= 4 is 5.69 Å². The summed E-state index contributed by atoms with van der Waals surface area (Å²) in [6, 6.07) is 4.93. The third kappa shape index (κ3) is 3.65. The molecule has 1 rings (SSSR count). The Morgan fingerprint density at radius 2 is 1.80 bits per heavy atom. The zero-order valence-electron chi connectivity index (χ0n) is 8.31. The number of rotatable bonds is 3. The SMILES string of the molecule is CC/C=C/Nc1ccc(C(F)(F)F)cc1. The topological polar surface area (TPSA) is 12.0 Å². The zero-order chi connectivity index (χ0) is 11.3. The van der Waals surface area contributed by atoms with E-state index >= 15 is 0 Å². The van der Waals surface area contributed by atoms with Gasteiger partial charge in [-0.15, -0.1) is 0 Å². The standard InChI is InChI=1S/C11H12F3N/c1-2-3-8-15-10-6-4-9(5-7-10)11(12,13)14/h3-8,15H,2H2,1H3/b8-3+. The molecule has 0 aliphatic carbocycles. The number of nitrogens with one attached hydrogen (secondary N) is 1. The number of benzene rings is 1. The van der Waals surface area contributed by atoms with Gasteiger partial charge in [-0.05, 0) is 36.9 Å². The second-order valence-corrected chi connectivity index (χ2v) is 3.03. The average Bonchev–Trinajstić information content (AvgIpc) is 2.18. The quantitative estimate of drug-likeness (QED) is 0.802. The highest BCUT2D eigenvalue weighted by Crippen LogP contribution is 2.29. The fourth-order valence-electron chi connectivity index (χ4n) is 1.03. The number of halogens is 3. The van der Waals surface area contributed by atoms with Gasteiger partial charge < -0.3 is 5.32 Å². The molecule has 0 atom stereocenters. The molecule has 0 heterocycles. The van der Waals surface area contributed by atoms with Gasteiger partial charge in [-0.2, -0.15) is 13.2 Å². The van der Waals surface area contributed by atoms with Crippen LogP contribution in [0.4, 0.5) is 18.9 Å². The smallest absolute Gasteiger partial charge is 0.362 e. The predicted octanol–water partition coefficient (Wildman–Crippen LogP) is 4.04. The summed E-state index contributed by atoms with van der Waals surface area (Å²) >= 11 is 0. The highest BCUT2D eigenvalue weighted by atomic mass is 19.4. The van der Waals surface area contributed by atoms with Gasteiger partial charge in [0, 0.05) is 5.69 Å². The first-order valence-electron chi connectivity index (χ1n) is 4.63. The molecule has 0 saturated heterocycles. The van der Waals surface area contributed by atoms with Gasteiger partial charge in [0.25, 0.3) is 0 Å². The summed E-state index contributed by atoms with van der Waals surface area (Å²) in [6.45, 7) is 1.98. The van der Waals surface area contributed by atoms with E-state index in [0.717, 1.165) is 18.6 Å². The van der Waals surface area contributed by atoms with E-state index in [1.807, 2.05) is 13.0 Å². The highest BCUT2D eigenvalue weighted by molar-refractivity contribution is 5.47. The molecule has 1 N–H and O–H groups in total. The number of anilines is 1. The van der Waals surface area contributed by atoms with Gasteiger partial charge in [0.05, 0.1) is 5.56 Å². The highest BCUT2D eigenvalue weighted by Gasteiger charge is 2.29. The van der Waals surface area contributed by atoms with Crippen LogP contribution in [0.25, 0.3) is 0 Å². The molecule has 0 aromatic heterocycles. The Morgan fingerprint density at radius 3 is 2.27 bits per heavy atom. The molecular weight excluding hydrogens is 203 g/mol. The lowest BCUT2D eigenvalue weighted by Gasteiger charge is -2.07. The maximum absolute atomic E-state index is 12.2. The van der Waals surface area contributed by atoms with Crippen molar-refractivity contribution in [1.82, 2.24) is 0 Å². The van der Waals surface area contributed by atoms with Gasteiger partial charge in [-0.3, -0.25) is 0 Å². The van der Waals surface area contributed by atoms with Gasteiger partial charge in [-0.1, -0.05) is 13.0 Å². The van der Waals surface area contributed by atoms with Gasteiger partial charge in [0.1, 0.15) is 0 Å². The second-order valence-electron chi connectivity index (χ2n) is 3.03. The summed E-state index contributed by atoms with van der Waals surface area (Å²) < 4.78 is 36.6. The molecule has 0 aliphatic heterocycles. The molecule has 0 amide bonds. The van der Waals surface area contributed by atoms with Crippen LogP contribution in [0.5, 0.6) is 0 Å². The van der Waals surface area contributed by atoms with Crippen molar-refractivity contribution in [3.05, 3.63) is 42.1 Å². The largest absolute Gasteiger partial charge is 0.416 e. The van der Waals surface area contributed by atoms with E-state index in [2.05, 4.69) is 5.32 Å². The molecule has 0 fully saturated rings. The Bertz CT molecular complexity index is 325. The van der Waals surface area contributed by atoms with Crippen molar-refractivity contribution in [3.63, 3.8) is 0 Å². The molecular formula is C11H12F3N. The van der Waals surface area contributed by atoms with Crippen molar-refractivity contribution in [1.29, 1.82) is 0 Å². The van der Waals surface area contributed by atoms with E-state index in [0.29, 0.717) is 5.69 Å². The Balaban J connectivity index is 2.69. The Kier molecular flexibility index (Phi) is 3.77. The first-order chi connectivity index (χ1) is 7.04. The van der Waals surface area contributed by atoms with Gasteiger partial charge in [-0.25, -0.2) is 0 Å². The van der Waals surface area contributed by atoms with E-state index in [4.69, 9.17) is 0 Å². The van der Waals surface area contributed by atoms with Crippen molar-refractivity contribution in [2.75, 3.05) is 5.32 Å². The number of hydrogen-bond donors (Lipinski definition) is 1. The molecule has 0 aliphatic rings. The molecule has 82 valence electrons. The lowest BCUT2D eigenvalue weighted by molar-refractivity contribution is -0.137. The Morgan fingerprint density at radius 1 is 1.20 bits per heavy atom. The summed E-state index contributed by atoms with van der Waals surface area (Å²) in [5.74, 6) is 0. The minimum Gasteiger partial charge on any atom is -0.362 e. The molecule has 0 spiro atoms. The summed E-state index contributed by atoms with van der Waals surface area (Å²) in [5, 5.41) is 2.88. The maximum atomic E-state index is 12.2. The Hall–Kier alpha value is -1.45. The second kappa shape index (κ2) is 4.87. The fourth-order valence-corrected chi connectivity index (χ4v) is 1.03. The van der Waals surface area contributed by atoms with Gasteiger partial charge in [0.2, 0.25) is 0 Å². The van der Waals surface area contributed by atoms with Crippen LogP contribution < -0.4 is 5.32 Å². The normalized spacial score (nSPS) is 12.0. The molecule has 0 bridgehead atoms. The lowest BCUT2D eigenvalue weighted by Crippen LogP contribution is -2.04. The lowest BCUT2D eigenvalue weighted by atomic mass is 10.2. The van der Waals surface area contributed by atoms with Crippen LogP contribution in [0.15, 0.2) is 36.5 Å². The number of alkyl halides is 3.